The lowest BCUT2D eigenvalue weighted by Gasteiger charge is -2.11. The minimum absolute atomic E-state index is 0.0749. The summed E-state index contributed by atoms with van der Waals surface area (Å²) in [5.74, 6) is 1.15. The molecule has 0 saturated carbocycles. The van der Waals surface area contributed by atoms with E-state index in [1.165, 1.54) is 10.8 Å². The Kier molecular flexibility index (Phi) is 4.98. The van der Waals surface area contributed by atoms with Crippen LogP contribution in [0.15, 0.2) is 17.2 Å². The lowest BCUT2D eigenvalue weighted by molar-refractivity contribution is 0.0683. The standard InChI is InChI=1S/C13H18N2O4S/c1-5-10(6-2)14-20(18,19)11-7-12(13(16)17)15(8-11)9(3)4/h1,7-10,14H,6H2,2-4H3,(H,16,17). The third kappa shape index (κ3) is 3.40. The molecule has 0 spiro atoms. The average Bonchev–Trinajstić information content (AvgIpc) is 2.82. The normalized spacial score (nSPS) is 13.2. The van der Waals surface area contributed by atoms with Crippen LogP contribution in [0.3, 0.4) is 0 Å². The van der Waals surface area contributed by atoms with Crippen LogP contribution in [0.5, 0.6) is 0 Å². The van der Waals surface area contributed by atoms with Crippen LogP contribution in [0, 0.1) is 12.3 Å². The molecule has 7 heteroatoms. The predicted octanol–water partition coefficient (Wildman–Crippen LogP) is 1.46. The Balaban J connectivity index is 3.24. The van der Waals surface area contributed by atoms with Gasteiger partial charge in [-0.2, -0.15) is 4.72 Å². The number of terminal acetylenes is 1. The summed E-state index contributed by atoms with van der Waals surface area (Å²) in [5.41, 5.74) is -0.0749. The van der Waals surface area contributed by atoms with Gasteiger partial charge in [-0.3, -0.25) is 0 Å². The van der Waals surface area contributed by atoms with Crippen LogP contribution < -0.4 is 4.72 Å². The van der Waals surface area contributed by atoms with Crippen LogP contribution in [0.4, 0.5) is 0 Å². The van der Waals surface area contributed by atoms with E-state index in [0.29, 0.717) is 6.42 Å². The second-order valence-corrected chi connectivity index (χ2v) is 6.33. The smallest absolute Gasteiger partial charge is 0.352 e. The largest absolute Gasteiger partial charge is 0.477 e. The van der Waals surface area contributed by atoms with Gasteiger partial charge in [0.05, 0.1) is 6.04 Å². The Morgan fingerprint density at radius 3 is 2.50 bits per heavy atom. The summed E-state index contributed by atoms with van der Waals surface area (Å²) in [6.45, 7) is 5.30. The lowest BCUT2D eigenvalue weighted by atomic mass is 10.3. The fourth-order valence-corrected chi connectivity index (χ4v) is 2.95. The van der Waals surface area contributed by atoms with E-state index >= 15 is 0 Å². The molecule has 0 aliphatic rings. The Morgan fingerprint density at radius 2 is 2.15 bits per heavy atom. The van der Waals surface area contributed by atoms with Crippen LogP contribution in [0.25, 0.3) is 0 Å². The van der Waals surface area contributed by atoms with E-state index in [-0.39, 0.29) is 16.6 Å². The van der Waals surface area contributed by atoms with Crippen molar-refractivity contribution >= 4 is 16.0 Å². The Bertz CT molecular complexity index is 638. The second kappa shape index (κ2) is 6.11. The molecular weight excluding hydrogens is 280 g/mol. The molecule has 0 bridgehead atoms. The summed E-state index contributed by atoms with van der Waals surface area (Å²) in [6.07, 6.45) is 6.98. The van der Waals surface area contributed by atoms with E-state index in [1.807, 2.05) is 0 Å². The third-order valence-corrected chi connectivity index (χ3v) is 4.25. The van der Waals surface area contributed by atoms with Gasteiger partial charge in [-0.05, 0) is 26.3 Å². The molecule has 1 atom stereocenters. The maximum absolute atomic E-state index is 12.2. The first-order valence-corrected chi connectivity index (χ1v) is 7.64. The molecule has 0 aliphatic heterocycles. The van der Waals surface area contributed by atoms with Gasteiger partial charge in [0.15, 0.2) is 0 Å². The van der Waals surface area contributed by atoms with Gasteiger partial charge in [0.25, 0.3) is 0 Å². The first kappa shape index (κ1) is 16.3. The molecule has 0 saturated heterocycles. The summed E-state index contributed by atoms with van der Waals surface area (Å²) in [7, 11) is -3.83. The summed E-state index contributed by atoms with van der Waals surface area (Å²) in [5, 5.41) is 9.10. The minimum Gasteiger partial charge on any atom is -0.477 e. The molecule has 0 aromatic carbocycles. The number of aromatic carboxylic acids is 1. The summed E-state index contributed by atoms with van der Waals surface area (Å²) in [6, 6.07) is 0.351. The van der Waals surface area contributed by atoms with Crippen molar-refractivity contribution in [3.63, 3.8) is 0 Å². The number of sulfonamides is 1. The molecule has 0 amide bonds. The van der Waals surface area contributed by atoms with Crippen molar-refractivity contribution in [2.24, 2.45) is 0 Å². The molecule has 1 unspecified atom stereocenters. The highest BCUT2D eigenvalue weighted by molar-refractivity contribution is 7.89. The van der Waals surface area contributed by atoms with Gasteiger partial charge in [0.1, 0.15) is 10.6 Å². The number of carboxylic acids is 1. The molecule has 0 radical (unpaired) electrons. The Labute approximate surface area is 118 Å². The van der Waals surface area contributed by atoms with E-state index < -0.39 is 22.0 Å². The van der Waals surface area contributed by atoms with Crippen LogP contribution in [-0.2, 0) is 10.0 Å². The SMILES string of the molecule is C#CC(CC)NS(=O)(=O)c1cc(C(=O)O)n(C(C)C)c1. The van der Waals surface area contributed by atoms with Crippen LogP contribution in [0.2, 0.25) is 0 Å². The van der Waals surface area contributed by atoms with Crippen LogP contribution in [0.1, 0.15) is 43.7 Å². The number of rotatable bonds is 6. The zero-order chi connectivity index (χ0) is 15.5. The third-order valence-electron chi connectivity index (χ3n) is 2.82. The Morgan fingerprint density at radius 1 is 1.55 bits per heavy atom. The highest BCUT2D eigenvalue weighted by Gasteiger charge is 2.24. The maximum Gasteiger partial charge on any atom is 0.352 e. The molecule has 1 heterocycles. The topological polar surface area (TPSA) is 88.4 Å². The van der Waals surface area contributed by atoms with Crippen LogP contribution in [-0.4, -0.2) is 30.1 Å². The van der Waals surface area contributed by atoms with Crippen molar-refractivity contribution in [2.75, 3.05) is 0 Å². The van der Waals surface area contributed by atoms with Gasteiger partial charge < -0.3 is 9.67 Å². The molecule has 0 aliphatic carbocycles. The first-order chi connectivity index (χ1) is 9.22. The number of nitrogens with one attached hydrogen (secondary N) is 1. The van der Waals surface area contributed by atoms with Gasteiger partial charge in [0.2, 0.25) is 10.0 Å². The molecule has 1 aromatic rings. The lowest BCUT2D eigenvalue weighted by Crippen LogP contribution is -2.33. The molecule has 110 valence electrons. The van der Waals surface area contributed by atoms with Gasteiger partial charge in [0, 0.05) is 12.2 Å². The van der Waals surface area contributed by atoms with E-state index in [4.69, 9.17) is 11.5 Å². The van der Waals surface area contributed by atoms with Crippen molar-refractivity contribution < 1.29 is 18.3 Å². The van der Waals surface area contributed by atoms with E-state index in [2.05, 4.69) is 10.6 Å². The Hall–Kier alpha value is -1.78. The van der Waals surface area contributed by atoms with Crippen molar-refractivity contribution in [3.05, 3.63) is 18.0 Å². The van der Waals surface area contributed by atoms with Crippen molar-refractivity contribution in [1.82, 2.24) is 9.29 Å². The maximum atomic E-state index is 12.2. The number of carboxylic acid groups (broad SMARTS) is 1. The second-order valence-electron chi connectivity index (χ2n) is 4.62. The fraction of sp³-hybridized carbons (Fsp3) is 0.462. The number of hydrogen-bond acceptors (Lipinski definition) is 3. The zero-order valence-corrected chi connectivity index (χ0v) is 12.4. The van der Waals surface area contributed by atoms with Gasteiger partial charge in [-0.15, -0.1) is 6.42 Å². The van der Waals surface area contributed by atoms with Gasteiger partial charge >= 0.3 is 5.97 Å². The predicted molar refractivity (Wildman–Crippen MR) is 75.0 cm³/mol. The molecule has 1 rings (SSSR count). The molecule has 1 aromatic heterocycles. The highest BCUT2D eigenvalue weighted by atomic mass is 32.2. The molecule has 20 heavy (non-hydrogen) atoms. The van der Waals surface area contributed by atoms with Crippen molar-refractivity contribution in [2.45, 2.75) is 44.2 Å². The first-order valence-electron chi connectivity index (χ1n) is 6.16. The van der Waals surface area contributed by atoms with Crippen molar-refractivity contribution in [1.29, 1.82) is 0 Å². The fourth-order valence-electron chi connectivity index (χ4n) is 1.69. The monoisotopic (exact) mass is 298 g/mol. The van der Waals surface area contributed by atoms with E-state index in [9.17, 15) is 13.2 Å². The van der Waals surface area contributed by atoms with Crippen molar-refractivity contribution in [3.8, 4) is 12.3 Å². The van der Waals surface area contributed by atoms with Gasteiger partial charge in [-0.1, -0.05) is 12.8 Å². The number of carbonyl (C=O) groups is 1. The number of hydrogen-bond donors (Lipinski definition) is 2. The summed E-state index contributed by atoms with van der Waals surface area (Å²) < 4.78 is 28.1. The quantitative estimate of drug-likeness (QED) is 0.778. The minimum atomic E-state index is -3.83. The van der Waals surface area contributed by atoms with E-state index in [1.54, 1.807) is 20.8 Å². The number of aromatic nitrogens is 1. The van der Waals surface area contributed by atoms with Crippen LogP contribution >= 0.6 is 0 Å². The van der Waals surface area contributed by atoms with Gasteiger partial charge in [-0.25, -0.2) is 13.2 Å². The van der Waals surface area contributed by atoms with E-state index in [0.717, 1.165) is 6.07 Å². The zero-order valence-electron chi connectivity index (χ0n) is 11.6. The summed E-state index contributed by atoms with van der Waals surface area (Å²) in [4.78, 5) is 11.0. The average molecular weight is 298 g/mol. The number of nitrogens with zero attached hydrogens (tertiary/aromatic N) is 1. The molecule has 2 N–H and O–H groups in total. The molecule has 0 fully saturated rings. The molecular formula is C13H18N2O4S. The molecule has 6 nitrogen and oxygen atoms in total. The highest BCUT2D eigenvalue weighted by Crippen LogP contribution is 2.19. The summed E-state index contributed by atoms with van der Waals surface area (Å²) >= 11 is 0.